The summed E-state index contributed by atoms with van der Waals surface area (Å²) in [6.45, 7) is 8.47. The molecule has 1 N–H and O–H groups in total. The number of amides is 1. The number of piperazine rings is 1. The highest BCUT2D eigenvalue weighted by Crippen LogP contribution is 2.20. The van der Waals surface area contributed by atoms with Gasteiger partial charge in [0.1, 0.15) is 5.78 Å². The molecule has 0 bridgehead atoms. The van der Waals surface area contributed by atoms with Gasteiger partial charge in [-0.05, 0) is 27.7 Å². The molecular weight excluding hydrogens is 180 g/mol. The summed E-state index contributed by atoms with van der Waals surface area (Å²) in [6.07, 6.45) is 0. The van der Waals surface area contributed by atoms with E-state index in [-0.39, 0.29) is 17.7 Å². The third-order valence-corrected chi connectivity index (χ3v) is 2.97. The van der Waals surface area contributed by atoms with Crippen molar-refractivity contribution in [3.63, 3.8) is 0 Å². The summed E-state index contributed by atoms with van der Waals surface area (Å²) < 4.78 is 0. The molecular formula is C10H18N2O2. The SMILES string of the molecule is CC(=O)C(C)N1CCNC(=O)C1(C)C. The van der Waals surface area contributed by atoms with E-state index in [1.165, 1.54) is 0 Å². The first kappa shape index (κ1) is 11.2. The van der Waals surface area contributed by atoms with Crippen molar-refractivity contribution in [2.45, 2.75) is 39.3 Å². The van der Waals surface area contributed by atoms with Crippen LogP contribution in [0.2, 0.25) is 0 Å². The van der Waals surface area contributed by atoms with Gasteiger partial charge < -0.3 is 5.32 Å². The number of hydrogen-bond acceptors (Lipinski definition) is 3. The lowest BCUT2D eigenvalue weighted by Gasteiger charge is -2.43. The van der Waals surface area contributed by atoms with Gasteiger partial charge in [0.25, 0.3) is 0 Å². The lowest BCUT2D eigenvalue weighted by atomic mass is 9.96. The maximum atomic E-state index is 11.6. The number of nitrogens with zero attached hydrogens (tertiary/aromatic N) is 1. The number of carbonyl (C=O) groups is 2. The quantitative estimate of drug-likeness (QED) is 0.688. The number of hydrogen-bond donors (Lipinski definition) is 1. The molecule has 0 spiro atoms. The average molecular weight is 198 g/mol. The first-order valence-electron chi connectivity index (χ1n) is 4.93. The second kappa shape index (κ2) is 3.69. The molecule has 0 radical (unpaired) electrons. The molecule has 1 aliphatic heterocycles. The van der Waals surface area contributed by atoms with E-state index in [9.17, 15) is 9.59 Å². The molecule has 4 heteroatoms. The Bertz CT molecular complexity index is 261. The van der Waals surface area contributed by atoms with Gasteiger partial charge in [-0.1, -0.05) is 0 Å². The third kappa shape index (κ3) is 1.80. The normalized spacial score (nSPS) is 24.1. The van der Waals surface area contributed by atoms with Crippen LogP contribution in [0.5, 0.6) is 0 Å². The summed E-state index contributed by atoms with van der Waals surface area (Å²) in [5.74, 6) is 0.102. The second-order valence-corrected chi connectivity index (χ2v) is 4.29. The van der Waals surface area contributed by atoms with Gasteiger partial charge in [0.2, 0.25) is 5.91 Å². The van der Waals surface area contributed by atoms with Crippen molar-refractivity contribution in [3.05, 3.63) is 0 Å². The first-order chi connectivity index (χ1) is 6.37. The standard InChI is InChI=1S/C10H18N2O2/c1-7(8(2)13)12-6-5-11-9(14)10(12,3)4/h7H,5-6H2,1-4H3,(H,11,14). The zero-order valence-electron chi connectivity index (χ0n) is 9.26. The number of ketones is 1. The van der Waals surface area contributed by atoms with Crippen LogP contribution >= 0.6 is 0 Å². The summed E-state index contributed by atoms with van der Waals surface area (Å²) in [5, 5.41) is 2.80. The van der Waals surface area contributed by atoms with E-state index in [2.05, 4.69) is 5.32 Å². The first-order valence-corrected chi connectivity index (χ1v) is 4.93. The van der Waals surface area contributed by atoms with E-state index in [4.69, 9.17) is 0 Å². The van der Waals surface area contributed by atoms with Gasteiger partial charge in [0, 0.05) is 13.1 Å². The maximum absolute atomic E-state index is 11.6. The van der Waals surface area contributed by atoms with Crippen molar-refractivity contribution in [3.8, 4) is 0 Å². The fourth-order valence-corrected chi connectivity index (χ4v) is 1.81. The van der Waals surface area contributed by atoms with Gasteiger partial charge in [-0.2, -0.15) is 0 Å². The van der Waals surface area contributed by atoms with Crippen molar-refractivity contribution < 1.29 is 9.59 Å². The van der Waals surface area contributed by atoms with Crippen molar-refractivity contribution >= 4 is 11.7 Å². The summed E-state index contributed by atoms with van der Waals surface area (Å²) in [7, 11) is 0. The lowest BCUT2D eigenvalue weighted by molar-refractivity contribution is -0.139. The van der Waals surface area contributed by atoms with Crippen LogP contribution in [-0.4, -0.2) is 41.3 Å². The van der Waals surface area contributed by atoms with Crippen molar-refractivity contribution in [2.24, 2.45) is 0 Å². The molecule has 0 aliphatic carbocycles. The molecule has 1 unspecified atom stereocenters. The van der Waals surface area contributed by atoms with Crippen molar-refractivity contribution in [2.75, 3.05) is 13.1 Å². The Labute approximate surface area is 84.7 Å². The van der Waals surface area contributed by atoms with Gasteiger partial charge in [0.15, 0.2) is 0 Å². The number of nitrogens with one attached hydrogen (secondary N) is 1. The molecule has 80 valence electrons. The average Bonchev–Trinajstić information content (AvgIpc) is 2.08. The molecule has 0 aromatic heterocycles. The molecule has 0 saturated carbocycles. The van der Waals surface area contributed by atoms with Crippen LogP contribution in [0.4, 0.5) is 0 Å². The molecule has 1 aliphatic rings. The summed E-state index contributed by atoms with van der Waals surface area (Å²) in [5.41, 5.74) is -0.580. The molecule has 1 heterocycles. The van der Waals surface area contributed by atoms with Crippen LogP contribution in [0.15, 0.2) is 0 Å². The van der Waals surface area contributed by atoms with E-state index in [1.54, 1.807) is 6.92 Å². The minimum absolute atomic E-state index is 0.00292. The van der Waals surface area contributed by atoms with Crippen molar-refractivity contribution in [1.29, 1.82) is 0 Å². The van der Waals surface area contributed by atoms with E-state index in [0.717, 1.165) is 6.54 Å². The fourth-order valence-electron chi connectivity index (χ4n) is 1.81. The Morgan fingerprint density at radius 1 is 1.57 bits per heavy atom. The van der Waals surface area contributed by atoms with E-state index < -0.39 is 5.54 Å². The second-order valence-electron chi connectivity index (χ2n) is 4.29. The molecule has 1 fully saturated rings. The highest BCUT2D eigenvalue weighted by Gasteiger charge is 2.40. The molecule has 1 rings (SSSR count). The van der Waals surface area contributed by atoms with Gasteiger partial charge in [-0.25, -0.2) is 0 Å². The Kier molecular flexibility index (Phi) is 2.95. The molecule has 14 heavy (non-hydrogen) atoms. The summed E-state index contributed by atoms with van der Waals surface area (Å²) in [6, 6.07) is -0.184. The largest absolute Gasteiger partial charge is 0.353 e. The van der Waals surface area contributed by atoms with Crippen LogP contribution in [0, 0.1) is 0 Å². The number of Topliss-reactive ketones (excluding diaryl/α,β-unsaturated/α-hetero) is 1. The zero-order valence-corrected chi connectivity index (χ0v) is 9.26. The lowest BCUT2D eigenvalue weighted by Crippen LogP contribution is -2.65. The van der Waals surface area contributed by atoms with E-state index in [1.807, 2.05) is 25.7 Å². The topological polar surface area (TPSA) is 49.4 Å². The van der Waals surface area contributed by atoms with Gasteiger partial charge in [0.05, 0.1) is 11.6 Å². The van der Waals surface area contributed by atoms with Crippen LogP contribution < -0.4 is 5.32 Å². The summed E-state index contributed by atoms with van der Waals surface area (Å²) in [4.78, 5) is 24.8. The molecule has 1 saturated heterocycles. The predicted octanol–water partition coefficient (Wildman–Crippen LogP) is 0.174. The zero-order chi connectivity index (χ0) is 10.9. The third-order valence-electron chi connectivity index (χ3n) is 2.97. The Balaban J connectivity index is 2.86. The van der Waals surface area contributed by atoms with Crippen molar-refractivity contribution in [1.82, 2.24) is 10.2 Å². The predicted molar refractivity (Wildman–Crippen MR) is 53.9 cm³/mol. The molecule has 1 amide bonds. The Hall–Kier alpha value is -0.900. The Morgan fingerprint density at radius 3 is 2.64 bits per heavy atom. The van der Waals surface area contributed by atoms with E-state index >= 15 is 0 Å². The van der Waals surface area contributed by atoms with Gasteiger partial charge in [-0.3, -0.25) is 14.5 Å². The smallest absolute Gasteiger partial charge is 0.240 e. The highest BCUT2D eigenvalue weighted by atomic mass is 16.2. The number of rotatable bonds is 2. The highest BCUT2D eigenvalue weighted by molar-refractivity contribution is 5.88. The van der Waals surface area contributed by atoms with Crippen LogP contribution in [0.25, 0.3) is 0 Å². The van der Waals surface area contributed by atoms with E-state index in [0.29, 0.717) is 6.54 Å². The Morgan fingerprint density at radius 2 is 2.14 bits per heavy atom. The molecule has 4 nitrogen and oxygen atoms in total. The summed E-state index contributed by atoms with van der Waals surface area (Å²) >= 11 is 0. The van der Waals surface area contributed by atoms with Crippen LogP contribution in [-0.2, 0) is 9.59 Å². The molecule has 0 aromatic rings. The van der Waals surface area contributed by atoms with Gasteiger partial charge >= 0.3 is 0 Å². The van der Waals surface area contributed by atoms with Crippen LogP contribution in [0.1, 0.15) is 27.7 Å². The fraction of sp³-hybridized carbons (Fsp3) is 0.800. The minimum atomic E-state index is -0.580. The minimum Gasteiger partial charge on any atom is -0.353 e. The monoisotopic (exact) mass is 198 g/mol. The molecule has 0 aromatic carbocycles. The number of carbonyl (C=O) groups excluding carboxylic acids is 2. The van der Waals surface area contributed by atoms with Crippen LogP contribution in [0.3, 0.4) is 0 Å². The molecule has 1 atom stereocenters. The maximum Gasteiger partial charge on any atom is 0.240 e. The van der Waals surface area contributed by atoms with Gasteiger partial charge in [-0.15, -0.1) is 0 Å².